The maximum Gasteiger partial charge on any atom is 0.254 e. The predicted molar refractivity (Wildman–Crippen MR) is 118 cm³/mol. The number of hydrogen-bond donors (Lipinski definition) is 0. The summed E-state index contributed by atoms with van der Waals surface area (Å²) < 4.78 is 13.2. The number of halogens is 3. The van der Waals surface area contributed by atoms with Crippen molar-refractivity contribution in [3.63, 3.8) is 0 Å². The Hall–Kier alpha value is -2.64. The number of amides is 3. The summed E-state index contributed by atoms with van der Waals surface area (Å²) in [7, 11) is 0. The minimum absolute atomic E-state index is 0.0475. The SMILES string of the molecule is CCCCN(CC(=O)N1CC(=O)N(c2ccc(F)cc2)C1)C(=O)c1ccc(Cl)c(Cl)c1. The number of unbranched alkanes of at least 4 members (excludes halogenated alkanes) is 1. The van der Waals surface area contributed by atoms with Crippen LogP contribution in [-0.2, 0) is 9.59 Å². The molecule has 1 heterocycles. The van der Waals surface area contributed by atoms with Gasteiger partial charge in [0, 0.05) is 17.8 Å². The van der Waals surface area contributed by atoms with Gasteiger partial charge in [-0.15, -0.1) is 0 Å². The van der Waals surface area contributed by atoms with Gasteiger partial charge in [-0.05, 0) is 48.9 Å². The molecule has 164 valence electrons. The monoisotopic (exact) mass is 465 g/mol. The minimum atomic E-state index is -0.407. The fourth-order valence-corrected chi connectivity index (χ4v) is 3.54. The summed E-state index contributed by atoms with van der Waals surface area (Å²) in [5.74, 6) is -1.35. The van der Waals surface area contributed by atoms with Gasteiger partial charge in [0.15, 0.2) is 0 Å². The van der Waals surface area contributed by atoms with E-state index in [0.717, 1.165) is 12.8 Å². The van der Waals surface area contributed by atoms with Crippen LogP contribution >= 0.6 is 23.2 Å². The van der Waals surface area contributed by atoms with Gasteiger partial charge in [0.25, 0.3) is 5.91 Å². The Balaban J connectivity index is 1.71. The van der Waals surface area contributed by atoms with Gasteiger partial charge in [0.05, 0.1) is 10.0 Å². The molecule has 9 heteroatoms. The zero-order chi connectivity index (χ0) is 22.5. The average Bonchev–Trinajstić information content (AvgIpc) is 3.14. The molecule has 2 aromatic carbocycles. The van der Waals surface area contributed by atoms with E-state index in [1.807, 2.05) is 6.92 Å². The number of carbonyl (C=O) groups is 3. The van der Waals surface area contributed by atoms with E-state index in [9.17, 15) is 18.8 Å². The van der Waals surface area contributed by atoms with Gasteiger partial charge in [-0.2, -0.15) is 0 Å². The fourth-order valence-electron chi connectivity index (χ4n) is 3.24. The lowest BCUT2D eigenvalue weighted by Crippen LogP contribution is -2.43. The first-order chi connectivity index (χ1) is 14.8. The van der Waals surface area contributed by atoms with Crippen LogP contribution in [0, 0.1) is 5.82 Å². The molecular weight excluding hydrogens is 444 g/mol. The molecule has 6 nitrogen and oxygen atoms in total. The first-order valence-corrected chi connectivity index (χ1v) is 10.6. The Morgan fingerprint density at radius 2 is 1.81 bits per heavy atom. The second-order valence-electron chi connectivity index (χ2n) is 7.24. The van der Waals surface area contributed by atoms with Gasteiger partial charge in [0.2, 0.25) is 11.8 Å². The second kappa shape index (κ2) is 10.1. The molecule has 0 aliphatic carbocycles. The highest BCUT2D eigenvalue weighted by atomic mass is 35.5. The van der Waals surface area contributed by atoms with Gasteiger partial charge < -0.3 is 9.80 Å². The molecule has 0 radical (unpaired) electrons. The molecule has 1 fully saturated rings. The topological polar surface area (TPSA) is 60.9 Å². The van der Waals surface area contributed by atoms with E-state index >= 15 is 0 Å². The van der Waals surface area contributed by atoms with Crippen LogP contribution in [0.15, 0.2) is 42.5 Å². The van der Waals surface area contributed by atoms with Crippen molar-refractivity contribution < 1.29 is 18.8 Å². The zero-order valence-corrected chi connectivity index (χ0v) is 18.5. The molecule has 3 amide bonds. The molecule has 3 rings (SSSR count). The molecule has 0 atom stereocenters. The van der Waals surface area contributed by atoms with Gasteiger partial charge >= 0.3 is 0 Å². The molecule has 0 unspecified atom stereocenters. The number of hydrogen-bond acceptors (Lipinski definition) is 3. The van der Waals surface area contributed by atoms with Crippen molar-refractivity contribution in [1.82, 2.24) is 9.80 Å². The van der Waals surface area contributed by atoms with Crippen molar-refractivity contribution in [2.24, 2.45) is 0 Å². The lowest BCUT2D eigenvalue weighted by atomic mass is 10.2. The lowest BCUT2D eigenvalue weighted by molar-refractivity contribution is -0.132. The number of benzene rings is 2. The maximum absolute atomic E-state index is 13.2. The minimum Gasteiger partial charge on any atom is -0.329 e. The summed E-state index contributed by atoms with van der Waals surface area (Å²) in [6.07, 6.45) is 1.57. The molecule has 0 spiro atoms. The summed E-state index contributed by atoms with van der Waals surface area (Å²) in [6.45, 7) is 2.17. The van der Waals surface area contributed by atoms with Crippen molar-refractivity contribution in [3.05, 3.63) is 63.9 Å². The highest BCUT2D eigenvalue weighted by Gasteiger charge is 2.33. The van der Waals surface area contributed by atoms with Crippen molar-refractivity contribution in [2.75, 3.05) is 31.2 Å². The van der Waals surface area contributed by atoms with Crippen molar-refractivity contribution >= 4 is 46.6 Å². The van der Waals surface area contributed by atoms with Crippen LogP contribution in [0.3, 0.4) is 0 Å². The summed E-state index contributed by atoms with van der Waals surface area (Å²) in [5.41, 5.74) is 0.847. The molecule has 0 saturated carbocycles. The molecule has 0 aromatic heterocycles. The molecule has 1 aliphatic heterocycles. The second-order valence-corrected chi connectivity index (χ2v) is 8.05. The summed E-state index contributed by atoms with van der Waals surface area (Å²) in [5, 5.41) is 0.597. The predicted octanol–water partition coefficient (Wildman–Crippen LogP) is 4.21. The Bertz CT molecular complexity index is 984. The normalized spacial score (nSPS) is 13.6. The van der Waals surface area contributed by atoms with E-state index in [-0.39, 0.29) is 42.5 Å². The van der Waals surface area contributed by atoms with Gasteiger partial charge in [-0.25, -0.2) is 4.39 Å². The first-order valence-electron chi connectivity index (χ1n) is 9.88. The van der Waals surface area contributed by atoms with Crippen LogP contribution in [-0.4, -0.2) is 53.8 Å². The Labute approximate surface area is 190 Å². The highest BCUT2D eigenvalue weighted by Crippen LogP contribution is 2.24. The molecule has 0 bridgehead atoms. The number of rotatable bonds is 7. The van der Waals surface area contributed by atoms with Crippen LogP contribution < -0.4 is 4.90 Å². The Kier molecular flexibility index (Phi) is 7.51. The summed E-state index contributed by atoms with van der Waals surface area (Å²) in [4.78, 5) is 42.5. The number of anilines is 1. The highest BCUT2D eigenvalue weighted by molar-refractivity contribution is 6.42. The quantitative estimate of drug-likeness (QED) is 0.615. The van der Waals surface area contributed by atoms with Crippen molar-refractivity contribution in [3.8, 4) is 0 Å². The number of carbonyl (C=O) groups excluding carboxylic acids is 3. The summed E-state index contributed by atoms with van der Waals surface area (Å²) in [6, 6.07) is 10.1. The van der Waals surface area contributed by atoms with Gasteiger partial charge in [-0.3, -0.25) is 19.3 Å². The van der Waals surface area contributed by atoms with E-state index in [4.69, 9.17) is 23.2 Å². The molecule has 1 aliphatic rings. The standard InChI is InChI=1S/C22H22Cl2FN3O3/c1-2-3-10-26(22(31)15-4-9-18(23)19(24)11-15)12-20(29)27-13-21(30)28(14-27)17-7-5-16(25)6-8-17/h4-9,11H,2-3,10,12-14H2,1H3. The zero-order valence-electron chi connectivity index (χ0n) is 17.0. The lowest BCUT2D eigenvalue weighted by Gasteiger charge is -2.25. The fraction of sp³-hybridized carbons (Fsp3) is 0.318. The van der Waals surface area contributed by atoms with Crippen LogP contribution in [0.2, 0.25) is 10.0 Å². The van der Waals surface area contributed by atoms with Crippen molar-refractivity contribution in [1.29, 1.82) is 0 Å². The average molecular weight is 466 g/mol. The third kappa shape index (κ3) is 5.54. The van der Waals surface area contributed by atoms with E-state index in [2.05, 4.69) is 0 Å². The van der Waals surface area contributed by atoms with E-state index in [1.54, 1.807) is 6.07 Å². The molecule has 2 aromatic rings. The maximum atomic E-state index is 13.2. The third-order valence-corrected chi connectivity index (χ3v) is 5.73. The smallest absolute Gasteiger partial charge is 0.254 e. The largest absolute Gasteiger partial charge is 0.329 e. The third-order valence-electron chi connectivity index (χ3n) is 4.99. The molecule has 0 N–H and O–H groups in total. The van der Waals surface area contributed by atoms with Crippen LogP contribution in [0.25, 0.3) is 0 Å². The Morgan fingerprint density at radius 3 is 2.45 bits per heavy atom. The molecule has 31 heavy (non-hydrogen) atoms. The van der Waals surface area contributed by atoms with E-state index in [0.29, 0.717) is 22.8 Å². The molecule has 1 saturated heterocycles. The number of nitrogens with zero attached hydrogens (tertiary/aromatic N) is 3. The first kappa shape index (κ1) is 23.0. The van der Waals surface area contributed by atoms with E-state index in [1.165, 1.54) is 51.1 Å². The molecular formula is C22H22Cl2FN3O3. The van der Waals surface area contributed by atoms with Crippen molar-refractivity contribution in [2.45, 2.75) is 19.8 Å². The van der Waals surface area contributed by atoms with Gasteiger partial charge in [-0.1, -0.05) is 36.5 Å². The van der Waals surface area contributed by atoms with Crippen LogP contribution in [0.5, 0.6) is 0 Å². The van der Waals surface area contributed by atoms with Gasteiger partial charge in [0.1, 0.15) is 25.6 Å². The summed E-state index contributed by atoms with van der Waals surface area (Å²) >= 11 is 12.0. The van der Waals surface area contributed by atoms with Crippen LogP contribution in [0.4, 0.5) is 10.1 Å². The Morgan fingerprint density at radius 1 is 1.10 bits per heavy atom. The van der Waals surface area contributed by atoms with E-state index < -0.39 is 5.82 Å². The van der Waals surface area contributed by atoms with Crippen LogP contribution in [0.1, 0.15) is 30.1 Å².